The van der Waals surface area contributed by atoms with Crippen LogP contribution in [0.3, 0.4) is 0 Å². The molecule has 106 valence electrons. The van der Waals surface area contributed by atoms with E-state index in [2.05, 4.69) is 5.32 Å². The third-order valence-electron chi connectivity index (χ3n) is 3.00. The van der Waals surface area contributed by atoms with Crippen LogP contribution < -0.4 is 5.32 Å². The van der Waals surface area contributed by atoms with Crippen LogP contribution in [0.1, 0.15) is 17.3 Å². The van der Waals surface area contributed by atoms with Crippen molar-refractivity contribution >= 4 is 29.9 Å². The Morgan fingerprint density at radius 1 is 1.42 bits per heavy atom. The standard InChI is InChI=1S/C12H13ClF2N2O.ClH/c1-7-6-16-2-3-17(7)12(18)8-4-10(14)11(15)5-9(8)13;/h4-5,7,16H,2-3,6H2,1H3;1H. The first kappa shape index (κ1) is 16.1. The average Bonchev–Trinajstić information content (AvgIpc) is 2.33. The molecule has 0 saturated carbocycles. The van der Waals surface area contributed by atoms with Crippen molar-refractivity contribution < 1.29 is 13.6 Å². The maximum Gasteiger partial charge on any atom is 0.255 e. The largest absolute Gasteiger partial charge is 0.333 e. The highest BCUT2D eigenvalue weighted by Gasteiger charge is 2.26. The first-order chi connectivity index (χ1) is 8.50. The van der Waals surface area contributed by atoms with Gasteiger partial charge in [0.2, 0.25) is 0 Å². The van der Waals surface area contributed by atoms with Gasteiger partial charge in [0.25, 0.3) is 5.91 Å². The van der Waals surface area contributed by atoms with E-state index in [0.29, 0.717) is 19.6 Å². The second-order valence-corrected chi connectivity index (χ2v) is 4.71. The molecule has 1 aromatic carbocycles. The predicted molar refractivity (Wildman–Crippen MR) is 72.0 cm³/mol. The van der Waals surface area contributed by atoms with Crippen LogP contribution in [0.4, 0.5) is 8.78 Å². The minimum atomic E-state index is -1.06. The van der Waals surface area contributed by atoms with Gasteiger partial charge in [0.15, 0.2) is 11.6 Å². The van der Waals surface area contributed by atoms with Crippen LogP contribution in [0.25, 0.3) is 0 Å². The summed E-state index contributed by atoms with van der Waals surface area (Å²) in [7, 11) is 0. The van der Waals surface area contributed by atoms with Crippen molar-refractivity contribution in [3.8, 4) is 0 Å². The van der Waals surface area contributed by atoms with Crippen LogP contribution >= 0.6 is 24.0 Å². The number of amides is 1. The molecule has 1 aliphatic heterocycles. The van der Waals surface area contributed by atoms with Crippen molar-refractivity contribution in [1.82, 2.24) is 10.2 Å². The van der Waals surface area contributed by atoms with Gasteiger partial charge in [-0.2, -0.15) is 0 Å². The summed E-state index contributed by atoms with van der Waals surface area (Å²) in [5.41, 5.74) is 0.00400. The molecule has 0 radical (unpaired) electrons. The van der Waals surface area contributed by atoms with Gasteiger partial charge in [0.1, 0.15) is 0 Å². The summed E-state index contributed by atoms with van der Waals surface area (Å²) < 4.78 is 26.1. The molecule has 1 atom stereocenters. The van der Waals surface area contributed by atoms with Crippen molar-refractivity contribution in [1.29, 1.82) is 0 Å². The molecular weight excluding hydrogens is 297 g/mol. The summed E-state index contributed by atoms with van der Waals surface area (Å²) >= 11 is 5.79. The molecule has 7 heteroatoms. The van der Waals surface area contributed by atoms with Crippen LogP contribution in [0.15, 0.2) is 12.1 Å². The van der Waals surface area contributed by atoms with E-state index in [1.807, 2.05) is 6.92 Å². The van der Waals surface area contributed by atoms with E-state index in [9.17, 15) is 13.6 Å². The van der Waals surface area contributed by atoms with Gasteiger partial charge in [-0.25, -0.2) is 8.78 Å². The minimum absolute atomic E-state index is 0. The number of piperazine rings is 1. The Kier molecular flexibility index (Phi) is 5.52. The molecule has 0 aliphatic carbocycles. The van der Waals surface area contributed by atoms with E-state index in [0.717, 1.165) is 12.1 Å². The molecule has 3 nitrogen and oxygen atoms in total. The fourth-order valence-electron chi connectivity index (χ4n) is 1.98. The minimum Gasteiger partial charge on any atom is -0.333 e. The predicted octanol–water partition coefficient (Wildman–Crippen LogP) is 2.47. The lowest BCUT2D eigenvalue weighted by atomic mass is 10.1. The second kappa shape index (κ2) is 6.50. The van der Waals surface area contributed by atoms with Crippen LogP contribution in [0.2, 0.25) is 5.02 Å². The van der Waals surface area contributed by atoms with E-state index in [1.54, 1.807) is 4.90 Å². The Hall–Kier alpha value is -0.910. The average molecular weight is 311 g/mol. The van der Waals surface area contributed by atoms with Gasteiger partial charge in [-0.05, 0) is 19.1 Å². The Morgan fingerprint density at radius 3 is 2.68 bits per heavy atom. The van der Waals surface area contributed by atoms with E-state index in [4.69, 9.17) is 11.6 Å². The van der Waals surface area contributed by atoms with Crippen LogP contribution in [0, 0.1) is 11.6 Å². The number of rotatable bonds is 1. The normalized spacial score (nSPS) is 18.9. The second-order valence-electron chi connectivity index (χ2n) is 4.30. The van der Waals surface area contributed by atoms with Gasteiger partial charge in [-0.3, -0.25) is 4.79 Å². The summed E-state index contributed by atoms with van der Waals surface area (Å²) in [5.74, 6) is -2.48. The molecular formula is C12H14Cl2F2N2O. The number of hydrogen-bond donors (Lipinski definition) is 1. The summed E-state index contributed by atoms with van der Waals surface area (Å²) in [6.07, 6.45) is 0. The van der Waals surface area contributed by atoms with Gasteiger partial charge in [-0.1, -0.05) is 11.6 Å². The van der Waals surface area contributed by atoms with E-state index in [1.165, 1.54) is 0 Å². The number of hydrogen-bond acceptors (Lipinski definition) is 2. The highest BCUT2D eigenvalue weighted by Crippen LogP contribution is 2.22. The fourth-order valence-corrected chi connectivity index (χ4v) is 2.22. The highest BCUT2D eigenvalue weighted by molar-refractivity contribution is 6.33. The highest BCUT2D eigenvalue weighted by atomic mass is 35.5. The number of benzene rings is 1. The van der Waals surface area contributed by atoms with Crippen molar-refractivity contribution in [2.45, 2.75) is 13.0 Å². The molecule has 2 rings (SSSR count). The van der Waals surface area contributed by atoms with Crippen molar-refractivity contribution in [2.75, 3.05) is 19.6 Å². The maximum absolute atomic E-state index is 13.2. The smallest absolute Gasteiger partial charge is 0.255 e. The molecule has 0 bridgehead atoms. The lowest BCUT2D eigenvalue weighted by Crippen LogP contribution is -2.52. The number of nitrogens with one attached hydrogen (secondary N) is 1. The summed E-state index contributed by atoms with van der Waals surface area (Å²) in [6, 6.07) is 1.68. The zero-order chi connectivity index (χ0) is 13.3. The molecule has 1 unspecified atom stereocenters. The van der Waals surface area contributed by atoms with E-state index in [-0.39, 0.29) is 34.9 Å². The SMILES string of the molecule is CC1CNCCN1C(=O)c1cc(F)c(F)cc1Cl.Cl. The summed E-state index contributed by atoms with van der Waals surface area (Å²) in [4.78, 5) is 13.8. The van der Waals surface area contributed by atoms with E-state index >= 15 is 0 Å². The zero-order valence-electron chi connectivity index (χ0n) is 10.3. The van der Waals surface area contributed by atoms with Crippen molar-refractivity contribution in [3.63, 3.8) is 0 Å². The fraction of sp³-hybridized carbons (Fsp3) is 0.417. The Labute approximate surface area is 121 Å². The maximum atomic E-state index is 13.2. The summed E-state index contributed by atoms with van der Waals surface area (Å²) in [6.45, 7) is 3.76. The molecule has 1 heterocycles. The van der Waals surface area contributed by atoms with Gasteiger partial charge in [0, 0.05) is 25.7 Å². The molecule has 1 aliphatic rings. The van der Waals surface area contributed by atoms with Crippen molar-refractivity contribution in [3.05, 3.63) is 34.4 Å². The Bertz CT molecular complexity index is 485. The molecule has 1 saturated heterocycles. The Balaban J connectivity index is 0.00000180. The quantitative estimate of drug-likeness (QED) is 0.808. The monoisotopic (exact) mass is 310 g/mol. The molecule has 1 aromatic rings. The molecule has 0 aromatic heterocycles. The van der Waals surface area contributed by atoms with Crippen LogP contribution in [-0.2, 0) is 0 Å². The summed E-state index contributed by atoms with van der Waals surface area (Å²) in [5, 5.41) is 3.08. The Morgan fingerprint density at radius 2 is 2.05 bits per heavy atom. The molecule has 1 amide bonds. The van der Waals surface area contributed by atoms with Gasteiger partial charge >= 0.3 is 0 Å². The molecule has 0 spiro atoms. The van der Waals surface area contributed by atoms with Gasteiger partial charge in [0.05, 0.1) is 10.6 Å². The van der Waals surface area contributed by atoms with E-state index < -0.39 is 11.6 Å². The lowest BCUT2D eigenvalue weighted by molar-refractivity contribution is 0.0655. The van der Waals surface area contributed by atoms with Crippen LogP contribution in [0.5, 0.6) is 0 Å². The molecule has 1 fully saturated rings. The number of carbonyl (C=O) groups is 1. The first-order valence-electron chi connectivity index (χ1n) is 5.67. The first-order valence-corrected chi connectivity index (χ1v) is 6.04. The topological polar surface area (TPSA) is 32.3 Å². The molecule has 1 N–H and O–H groups in total. The zero-order valence-corrected chi connectivity index (χ0v) is 11.8. The lowest BCUT2D eigenvalue weighted by Gasteiger charge is -2.34. The number of nitrogens with zero attached hydrogens (tertiary/aromatic N) is 1. The van der Waals surface area contributed by atoms with Gasteiger partial charge < -0.3 is 10.2 Å². The molecule has 19 heavy (non-hydrogen) atoms. The third kappa shape index (κ3) is 3.35. The number of halogens is 4. The third-order valence-corrected chi connectivity index (χ3v) is 3.32. The van der Waals surface area contributed by atoms with Crippen molar-refractivity contribution in [2.24, 2.45) is 0 Å². The van der Waals surface area contributed by atoms with Gasteiger partial charge in [-0.15, -0.1) is 12.4 Å². The van der Waals surface area contributed by atoms with Crippen LogP contribution in [-0.4, -0.2) is 36.5 Å². The number of carbonyl (C=O) groups excluding carboxylic acids is 1.